The number of esters is 2. The second-order valence-electron chi connectivity index (χ2n) is 8.09. The molecule has 2 N–H and O–H groups in total. The summed E-state index contributed by atoms with van der Waals surface area (Å²) in [5, 5.41) is 6.50. The molecule has 172 valence electrons. The number of hydrogen-bond acceptors (Lipinski definition) is 5. The van der Waals surface area contributed by atoms with Gasteiger partial charge < -0.3 is 20.1 Å². The Labute approximate surface area is 195 Å². The Morgan fingerprint density at radius 3 is 1.81 bits per heavy atom. The molecule has 0 atom stereocenters. The summed E-state index contributed by atoms with van der Waals surface area (Å²) in [6.45, 7) is 9.23. The van der Waals surface area contributed by atoms with Crippen LogP contribution in [0.2, 0.25) is 0 Å². The lowest BCUT2D eigenvalue weighted by molar-refractivity contribution is 0.0377. The fourth-order valence-corrected chi connectivity index (χ4v) is 3.16. The molecule has 32 heavy (non-hydrogen) atoms. The van der Waals surface area contributed by atoms with Crippen molar-refractivity contribution in [3.8, 4) is 0 Å². The van der Waals surface area contributed by atoms with E-state index in [-0.39, 0.29) is 23.3 Å². The molecule has 0 radical (unpaired) electrons. The fourth-order valence-electron chi connectivity index (χ4n) is 2.93. The molecule has 0 fully saturated rings. The lowest BCUT2D eigenvalue weighted by atomic mass is 10.1. The number of benzene rings is 2. The third kappa shape index (κ3) is 8.30. The Hall–Kier alpha value is -2.93. The highest BCUT2D eigenvalue weighted by Gasteiger charge is 2.17. The molecule has 0 aliphatic carbocycles. The van der Waals surface area contributed by atoms with E-state index in [1.807, 2.05) is 12.1 Å². The molecule has 6 nitrogen and oxygen atoms in total. The van der Waals surface area contributed by atoms with Gasteiger partial charge in [-0.05, 0) is 88.6 Å². The third-order valence-electron chi connectivity index (χ3n) is 4.38. The van der Waals surface area contributed by atoms with Gasteiger partial charge in [-0.3, -0.25) is 0 Å². The maximum atomic E-state index is 12.4. The minimum atomic E-state index is -0.524. The highest BCUT2D eigenvalue weighted by Crippen LogP contribution is 2.19. The third-order valence-corrected chi connectivity index (χ3v) is 4.58. The van der Waals surface area contributed by atoms with Crippen molar-refractivity contribution in [3.05, 3.63) is 59.2 Å². The van der Waals surface area contributed by atoms with Crippen LogP contribution in [0, 0.1) is 0 Å². The number of rotatable bonds is 9. The number of thiocarbonyl (C=S) groups is 1. The minimum Gasteiger partial charge on any atom is -0.459 e. The zero-order valence-electron chi connectivity index (χ0n) is 19.4. The van der Waals surface area contributed by atoms with Crippen molar-refractivity contribution in [3.63, 3.8) is 0 Å². The van der Waals surface area contributed by atoms with Crippen LogP contribution in [0.5, 0.6) is 0 Å². The van der Waals surface area contributed by atoms with Gasteiger partial charge in [0, 0.05) is 11.4 Å². The maximum absolute atomic E-state index is 12.4. The lowest BCUT2D eigenvalue weighted by Crippen LogP contribution is -2.20. The van der Waals surface area contributed by atoms with Crippen molar-refractivity contribution < 1.29 is 19.1 Å². The van der Waals surface area contributed by atoms with Crippen LogP contribution in [0.25, 0.3) is 0 Å². The molecule has 0 spiro atoms. The zero-order valence-corrected chi connectivity index (χ0v) is 20.2. The molecule has 0 amide bonds. The molecule has 0 aliphatic rings. The average Bonchev–Trinajstić information content (AvgIpc) is 2.72. The second-order valence-corrected chi connectivity index (χ2v) is 8.50. The van der Waals surface area contributed by atoms with Gasteiger partial charge in [-0.15, -0.1) is 0 Å². The lowest BCUT2D eigenvalue weighted by Gasteiger charge is -2.15. The average molecular weight is 457 g/mol. The molecule has 2 aromatic rings. The molecule has 0 aliphatic heterocycles. The normalized spacial score (nSPS) is 10.7. The second kappa shape index (κ2) is 12.2. The van der Waals surface area contributed by atoms with Gasteiger partial charge in [0.1, 0.15) is 0 Å². The quantitative estimate of drug-likeness (QED) is 0.356. The van der Waals surface area contributed by atoms with Gasteiger partial charge in [0.15, 0.2) is 5.11 Å². The monoisotopic (exact) mass is 456 g/mol. The van der Waals surface area contributed by atoms with Gasteiger partial charge in [0.25, 0.3) is 0 Å². The molecule has 0 unspecified atom stereocenters. The summed E-state index contributed by atoms with van der Waals surface area (Å²) in [5.41, 5.74) is 3.08. The Kier molecular flexibility index (Phi) is 9.65. The van der Waals surface area contributed by atoms with Crippen LogP contribution in [0.1, 0.15) is 73.7 Å². The first kappa shape index (κ1) is 25.3. The van der Waals surface area contributed by atoms with E-state index in [9.17, 15) is 9.59 Å². The zero-order chi connectivity index (χ0) is 23.7. The smallest absolute Gasteiger partial charge is 0.338 e. The molecular formula is C25H32N2O4S. The van der Waals surface area contributed by atoms with E-state index in [0.29, 0.717) is 10.8 Å². The van der Waals surface area contributed by atoms with Gasteiger partial charge in [-0.1, -0.05) is 25.5 Å². The number of aryl methyl sites for hydroxylation is 1. The van der Waals surface area contributed by atoms with Crippen molar-refractivity contribution in [1.82, 2.24) is 0 Å². The van der Waals surface area contributed by atoms with E-state index in [0.717, 1.165) is 24.9 Å². The summed E-state index contributed by atoms with van der Waals surface area (Å²) >= 11 is 5.42. The number of hydrogen-bond donors (Lipinski definition) is 2. The number of carbonyl (C=O) groups is 2. The van der Waals surface area contributed by atoms with Crippen LogP contribution in [0.4, 0.5) is 11.4 Å². The van der Waals surface area contributed by atoms with E-state index in [1.165, 1.54) is 11.6 Å². The summed E-state index contributed by atoms with van der Waals surface area (Å²) < 4.78 is 10.6. The van der Waals surface area contributed by atoms with Crippen molar-refractivity contribution in [2.75, 3.05) is 10.6 Å². The van der Waals surface area contributed by atoms with Crippen molar-refractivity contribution in [2.24, 2.45) is 0 Å². The molecule has 0 aromatic heterocycles. The van der Waals surface area contributed by atoms with Crippen LogP contribution in [0.3, 0.4) is 0 Å². The van der Waals surface area contributed by atoms with Crippen molar-refractivity contribution in [1.29, 1.82) is 0 Å². The Morgan fingerprint density at radius 2 is 1.34 bits per heavy atom. The standard InChI is InChI=1S/C25H32N2O4S/c1-6-7-8-18-9-11-21(12-10-18)26-25(32)27-22-14-19(23(28)30-16(2)3)13-20(15-22)24(29)31-17(4)5/h9-17H,6-8H2,1-5H3,(H2,26,27,32). The van der Waals surface area contributed by atoms with Crippen LogP contribution in [-0.4, -0.2) is 29.3 Å². The molecule has 7 heteroatoms. The Bertz CT molecular complexity index is 899. The first-order valence-electron chi connectivity index (χ1n) is 10.9. The van der Waals surface area contributed by atoms with Crippen LogP contribution >= 0.6 is 12.2 Å². The summed E-state index contributed by atoms with van der Waals surface area (Å²) in [5.74, 6) is -1.05. The number of ether oxygens (including phenoxy) is 2. The molecule has 2 rings (SSSR count). The van der Waals surface area contributed by atoms with Gasteiger partial charge >= 0.3 is 11.9 Å². The summed E-state index contributed by atoms with van der Waals surface area (Å²) in [4.78, 5) is 24.9. The van der Waals surface area contributed by atoms with E-state index in [4.69, 9.17) is 21.7 Å². The number of carbonyl (C=O) groups excluding carboxylic acids is 2. The first-order chi connectivity index (χ1) is 15.2. The summed E-state index contributed by atoms with van der Waals surface area (Å²) in [6.07, 6.45) is 2.80. The van der Waals surface area contributed by atoms with Crippen LogP contribution in [-0.2, 0) is 15.9 Å². The number of nitrogens with one attached hydrogen (secondary N) is 2. The highest BCUT2D eigenvalue weighted by molar-refractivity contribution is 7.80. The predicted molar refractivity (Wildman–Crippen MR) is 132 cm³/mol. The molecule has 0 saturated carbocycles. The molecule has 0 bridgehead atoms. The first-order valence-corrected chi connectivity index (χ1v) is 11.3. The molecule has 2 aromatic carbocycles. The van der Waals surface area contributed by atoms with Crippen LogP contribution in [0.15, 0.2) is 42.5 Å². The number of unbranched alkanes of at least 4 members (excludes halogenated alkanes) is 1. The Morgan fingerprint density at radius 1 is 0.844 bits per heavy atom. The van der Waals surface area contributed by atoms with E-state index >= 15 is 0 Å². The minimum absolute atomic E-state index is 0.238. The molecule has 0 saturated heterocycles. The van der Waals surface area contributed by atoms with E-state index in [2.05, 4.69) is 29.7 Å². The topological polar surface area (TPSA) is 76.7 Å². The SMILES string of the molecule is CCCCc1ccc(NC(=S)Nc2cc(C(=O)OC(C)C)cc(C(=O)OC(C)C)c2)cc1. The molecular weight excluding hydrogens is 424 g/mol. The van der Waals surface area contributed by atoms with Gasteiger partial charge in [0.2, 0.25) is 0 Å². The predicted octanol–water partition coefficient (Wildman–Crippen LogP) is 5.97. The molecule has 0 heterocycles. The Balaban J connectivity index is 2.18. The maximum Gasteiger partial charge on any atom is 0.338 e. The summed E-state index contributed by atoms with van der Waals surface area (Å²) in [6, 6.07) is 12.7. The van der Waals surface area contributed by atoms with E-state index in [1.54, 1.807) is 39.8 Å². The van der Waals surface area contributed by atoms with Crippen LogP contribution < -0.4 is 10.6 Å². The van der Waals surface area contributed by atoms with Gasteiger partial charge in [-0.2, -0.15) is 0 Å². The highest BCUT2D eigenvalue weighted by atomic mass is 32.1. The van der Waals surface area contributed by atoms with E-state index < -0.39 is 11.9 Å². The van der Waals surface area contributed by atoms with Gasteiger partial charge in [0.05, 0.1) is 23.3 Å². The van der Waals surface area contributed by atoms with Crippen molar-refractivity contribution >= 4 is 40.6 Å². The van der Waals surface area contributed by atoms with Gasteiger partial charge in [-0.25, -0.2) is 9.59 Å². The van der Waals surface area contributed by atoms with Crippen molar-refractivity contribution in [2.45, 2.75) is 66.1 Å². The fraction of sp³-hybridized carbons (Fsp3) is 0.400. The number of anilines is 2. The summed E-state index contributed by atoms with van der Waals surface area (Å²) in [7, 11) is 0. The largest absolute Gasteiger partial charge is 0.459 e.